The van der Waals surface area contributed by atoms with E-state index >= 15 is 4.79 Å². The Kier molecular flexibility index (Phi) is 12.6. The molecule has 0 fully saturated rings. The number of ether oxygens (including phenoxy) is 1. The summed E-state index contributed by atoms with van der Waals surface area (Å²) >= 11 is 0. The van der Waals surface area contributed by atoms with Crippen molar-refractivity contribution in [1.29, 1.82) is 0 Å². The van der Waals surface area contributed by atoms with E-state index in [4.69, 9.17) is 24.7 Å². The van der Waals surface area contributed by atoms with E-state index in [9.17, 15) is 0 Å². The van der Waals surface area contributed by atoms with E-state index in [1.54, 1.807) is 7.11 Å². The number of rotatable bonds is 5. The molecular formula is C68H64N4NiO2. The molecule has 0 saturated heterocycles. The average molecular weight is 1030 g/mol. The molecule has 9 aromatic rings. The predicted octanol–water partition coefficient (Wildman–Crippen LogP) is 17.1. The summed E-state index contributed by atoms with van der Waals surface area (Å²) in [5, 5.41) is 2.72. The Labute approximate surface area is 451 Å². The minimum absolute atomic E-state index is 0. The molecule has 5 heterocycles. The van der Waals surface area contributed by atoms with Crippen molar-refractivity contribution in [2.45, 2.75) is 105 Å². The number of ketones is 1. The topological polar surface area (TPSA) is 80.3 Å². The second-order valence-electron chi connectivity index (χ2n) is 24.3. The van der Waals surface area contributed by atoms with Gasteiger partial charge in [-0.3, -0.25) is 4.79 Å². The van der Waals surface area contributed by atoms with Gasteiger partial charge in [-0.25, -0.2) is 9.97 Å². The van der Waals surface area contributed by atoms with Crippen LogP contribution in [0.25, 0.3) is 100 Å². The Hall–Kier alpha value is -7.34. The van der Waals surface area contributed by atoms with Crippen LogP contribution in [0.3, 0.4) is 0 Å². The van der Waals surface area contributed by atoms with Gasteiger partial charge in [-0.1, -0.05) is 204 Å². The zero-order valence-corrected chi connectivity index (χ0v) is 46.3. The van der Waals surface area contributed by atoms with Crippen LogP contribution >= 0.6 is 0 Å². The molecule has 0 aliphatic carbocycles. The summed E-state index contributed by atoms with van der Waals surface area (Å²) in [6, 6.07) is 49.2. The van der Waals surface area contributed by atoms with Gasteiger partial charge in [0, 0.05) is 5.56 Å². The molecule has 2 aliphatic rings. The maximum absolute atomic E-state index is 16.2. The predicted molar refractivity (Wildman–Crippen MR) is 309 cm³/mol. The molecule has 75 heavy (non-hydrogen) atoms. The third kappa shape index (κ3) is 9.14. The Morgan fingerprint density at radius 1 is 0.400 bits per heavy atom. The van der Waals surface area contributed by atoms with Crippen LogP contribution in [-0.2, 0) is 38.2 Å². The summed E-state index contributed by atoms with van der Waals surface area (Å²) in [5.41, 5.74) is 17.5. The first-order valence-corrected chi connectivity index (χ1v) is 25.9. The molecule has 0 amide bonds. The monoisotopic (exact) mass is 1030 g/mol. The second-order valence-corrected chi connectivity index (χ2v) is 24.3. The van der Waals surface area contributed by atoms with Crippen LogP contribution in [0, 0.1) is 0 Å². The molecule has 378 valence electrons. The average Bonchev–Trinajstić information content (AvgIpc) is 4.20. The van der Waals surface area contributed by atoms with E-state index in [2.05, 4.69) is 217 Å². The number of aromatic nitrogens is 4. The summed E-state index contributed by atoms with van der Waals surface area (Å²) in [5.74, 6) is 0.566. The molecule has 6 aromatic carbocycles. The number of hydrogen-bond acceptors (Lipinski definition) is 4. The van der Waals surface area contributed by atoms with Gasteiger partial charge in [0.2, 0.25) is 5.78 Å². The smallest absolute Gasteiger partial charge is 0.657 e. The van der Waals surface area contributed by atoms with Gasteiger partial charge < -0.3 is 14.7 Å². The quantitative estimate of drug-likeness (QED) is 0.160. The minimum atomic E-state index is -0.183. The van der Waals surface area contributed by atoms with Crippen LogP contribution in [0.2, 0.25) is 0 Å². The molecular weight excluding hydrogens is 963 g/mol. The van der Waals surface area contributed by atoms with Crippen molar-refractivity contribution in [2.75, 3.05) is 7.11 Å². The van der Waals surface area contributed by atoms with Gasteiger partial charge >= 0.3 is 16.5 Å². The van der Waals surface area contributed by atoms with Crippen LogP contribution in [0.5, 0.6) is 5.75 Å². The molecule has 0 atom stereocenters. The van der Waals surface area contributed by atoms with Crippen LogP contribution in [0.15, 0.2) is 140 Å². The third-order valence-corrected chi connectivity index (χ3v) is 15.0. The Morgan fingerprint density at radius 3 is 1.24 bits per heavy atom. The van der Waals surface area contributed by atoms with Gasteiger partial charge in [-0.15, -0.1) is 22.1 Å². The molecule has 2 aliphatic heterocycles. The van der Waals surface area contributed by atoms with Crippen molar-refractivity contribution in [1.82, 2.24) is 19.9 Å². The molecule has 7 heteroatoms. The number of hydrogen-bond donors (Lipinski definition) is 0. The maximum Gasteiger partial charge on any atom is 2.00 e. The number of methoxy groups -OCH3 is 1. The van der Waals surface area contributed by atoms with Crippen molar-refractivity contribution in [3.8, 4) is 50.3 Å². The summed E-state index contributed by atoms with van der Waals surface area (Å²) in [7, 11) is 1.67. The number of benzene rings is 6. The van der Waals surface area contributed by atoms with Crippen LogP contribution < -0.4 is 14.7 Å². The van der Waals surface area contributed by atoms with Crippen molar-refractivity contribution in [3.63, 3.8) is 0 Å². The number of carbonyl (C=O) groups is 1. The molecule has 0 saturated carbocycles. The molecule has 0 unspecified atom stereocenters. The first-order chi connectivity index (χ1) is 35.1. The van der Waals surface area contributed by atoms with Crippen LogP contribution in [-0.4, -0.2) is 22.9 Å². The molecule has 0 radical (unpaired) electrons. The van der Waals surface area contributed by atoms with Gasteiger partial charge in [-0.05, 0) is 129 Å². The van der Waals surface area contributed by atoms with E-state index in [-0.39, 0.29) is 43.9 Å². The summed E-state index contributed by atoms with van der Waals surface area (Å²) in [4.78, 5) is 38.5. The fraction of sp³-hybridized carbons (Fsp3) is 0.250. The van der Waals surface area contributed by atoms with E-state index in [0.717, 1.165) is 94.4 Å². The fourth-order valence-electron chi connectivity index (χ4n) is 10.6. The number of nitrogens with zero attached hydrogens (tertiary/aromatic N) is 4. The van der Waals surface area contributed by atoms with E-state index in [1.165, 1.54) is 16.7 Å². The first-order valence-electron chi connectivity index (χ1n) is 25.9. The van der Waals surface area contributed by atoms with Gasteiger partial charge in [0.15, 0.2) is 0 Å². The number of fused-ring (bicyclic) bond motifs is 10. The molecule has 11 rings (SSSR count). The maximum atomic E-state index is 16.2. The molecule has 8 bridgehead atoms. The van der Waals surface area contributed by atoms with Gasteiger partial charge in [-0.2, -0.15) is 0 Å². The SMILES string of the molecule is COc1ccc(-c2c3c4nc(c(-c5ccc(C(C)(C)C)cc5)c5ccc([n-]5)c(-c5ccc(C(C)(C)C)cc5)c5nc(c(-c6ccc(C(C)(C)C)cc6)c6ccc([n-]6)c4c4ccc(C(C)(C)C)cc24)C=C5)C3=O)cc1.[Ni+2]. The van der Waals surface area contributed by atoms with Crippen molar-refractivity contribution in [3.05, 3.63) is 184 Å². The van der Waals surface area contributed by atoms with Crippen molar-refractivity contribution in [2.24, 2.45) is 0 Å². The number of carbonyl (C=O) groups excluding carboxylic acids is 1. The summed E-state index contributed by atoms with van der Waals surface area (Å²) < 4.78 is 5.67. The van der Waals surface area contributed by atoms with E-state index in [0.29, 0.717) is 27.9 Å². The normalized spacial score (nSPS) is 13.0. The van der Waals surface area contributed by atoms with Crippen molar-refractivity contribution >= 4 is 61.7 Å². The van der Waals surface area contributed by atoms with Crippen LogP contribution in [0.1, 0.15) is 133 Å². The standard InChI is InChI=1S/C68H65N4O2.Ni/c1-65(2,3)43-22-14-40(15-23-43)57-50-32-33-51(69-50)58(41-16-24-44(25-17-41)66(4,5)6)53-35-37-55(71-53)60-48-31-28-46(68(10,11)12)38-49(48)56(39-20-29-47(74-13)30-21-39)61-62(60)72-63(64(61)73)59(54-36-34-52(57)70-54)42-18-26-45(27-19-42)67(7,8)9;/h14-38H,1-13H3,(H-,69,70,71,72,73);/q-1;+2/p-1. The van der Waals surface area contributed by atoms with E-state index in [1.807, 2.05) is 18.2 Å². The van der Waals surface area contributed by atoms with Gasteiger partial charge in [0.1, 0.15) is 11.4 Å². The Balaban J connectivity index is 0.00000641. The van der Waals surface area contributed by atoms with Crippen molar-refractivity contribution < 1.29 is 26.0 Å². The minimum Gasteiger partial charge on any atom is -0.657 e. The zero-order valence-electron chi connectivity index (χ0n) is 45.4. The van der Waals surface area contributed by atoms with Gasteiger partial charge in [0.25, 0.3) is 0 Å². The van der Waals surface area contributed by atoms with Gasteiger partial charge in [0.05, 0.1) is 29.6 Å². The zero-order chi connectivity index (χ0) is 52.2. The fourth-order valence-corrected chi connectivity index (χ4v) is 10.6. The van der Waals surface area contributed by atoms with Crippen LogP contribution in [0.4, 0.5) is 0 Å². The Bertz CT molecular complexity index is 3940. The molecule has 0 N–H and O–H groups in total. The second kappa shape index (κ2) is 18.5. The summed E-state index contributed by atoms with van der Waals surface area (Å²) in [6.45, 7) is 26.7. The third-order valence-electron chi connectivity index (χ3n) is 15.0. The molecule has 6 nitrogen and oxygen atoms in total. The summed E-state index contributed by atoms with van der Waals surface area (Å²) in [6.07, 6.45) is 4.23. The van der Waals surface area contributed by atoms with E-state index < -0.39 is 0 Å². The Morgan fingerprint density at radius 2 is 0.787 bits per heavy atom. The largest absolute Gasteiger partial charge is 2.00 e. The first kappa shape index (κ1) is 51.2. The molecule has 3 aromatic heterocycles. The molecule has 0 spiro atoms.